The van der Waals surface area contributed by atoms with Gasteiger partial charge in [0.1, 0.15) is 11.3 Å². The van der Waals surface area contributed by atoms with Gasteiger partial charge in [0.05, 0.1) is 0 Å². The summed E-state index contributed by atoms with van der Waals surface area (Å²) in [7, 11) is -1.53. The molecule has 1 aliphatic carbocycles. The highest BCUT2D eigenvalue weighted by atomic mass is 19.3. The molecule has 1 atom stereocenters. The normalized spacial score (nSPS) is 19.0. The number of benzene rings is 1. The molecular formula is C22H27BF2O7. The SMILES string of the molecule is CC(F)(F)C(=O)C[C@H]1Cc2cccc(C(=O)OCOC(=O)CC3CCCCC3)c2OB1O. The maximum Gasteiger partial charge on any atom is 0.526 e. The first kappa shape index (κ1) is 24.2. The van der Waals surface area contributed by atoms with E-state index in [2.05, 4.69) is 0 Å². The zero-order valence-corrected chi connectivity index (χ0v) is 18.0. The van der Waals surface area contributed by atoms with Crippen molar-refractivity contribution in [1.82, 2.24) is 0 Å². The van der Waals surface area contributed by atoms with E-state index >= 15 is 0 Å². The Bertz CT molecular complexity index is 849. The molecule has 1 N–H and O–H groups in total. The molecule has 1 aromatic rings. The highest BCUT2D eigenvalue weighted by Crippen LogP contribution is 2.37. The van der Waals surface area contributed by atoms with E-state index in [1.54, 1.807) is 12.1 Å². The van der Waals surface area contributed by atoms with Gasteiger partial charge in [-0.2, -0.15) is 8.78 Å². The molecule has 174 valence electrons. The number of halogens is 2. The number of hydrogen-bond acceptors (Lipinski definition) is 7. The van der Waals surface area contributed by atoms with E-state index in [-0.39, 0.29) is 17.7 Å². The Morgan fingerprint density at radius 2 is 1.88 bits per heavy atom. The third-order valence-corrected chi connectivity index (χ3v) is 5.97. The molecule has 0 saturated heterocycles. The standard InChI is InChI=1S/C22H27BF2O7/c1-22(24,25)18(26)12-16-11-15-8-5-9-17(20(15)32-23(16)29)21(28)31-13-30-19(27)10-14-6-3-2-4-7-14/h5,8-9,14,16,29H,2-4,6-7,10-13H2,1H3/t16-/m1/s1. The first-order valence-corrected chi connectivity index (χ1v) is 10.9. The maximum atomic E-state index is 13.2. The molecule has 0 unspecified atom stereocenters. The van der Waals surface area contributed by atoms with Crippen LogP contribution in [0.5, 0.6) is 5.75 Å². The predicted molar refractivity (Wildman–Crippen MR) is 110 cm³/mol. The van der Waals surface area contributed by atoms with Gasteiger partial charge >= 0.3 is 25.0 Å². The number of carbonyl (C=O) groups excluding carboxylic acids is 3. The summed E-state index contributed by atoms with van der Waals surface area (Å²) in [6.07, 6.45) is 5.20. The molecule has 3 rings (SSSR count). The van der Waals surface area contributed by atoms with Gasteiger partial charge in [-0.25, -0.2) is 4.79 Å². The topological polar surface area (TPSA) is 99.1 Å². The molecular weight excluding hydrogens is 425 g/mol. The summed E-state index contributed by atoms with van der Waals surface area (Å²) in [6, 6.07) is 4.59. The van der Waals surface area contributed by atoms with Crippen LogP contribution >= 0.6 is 0 Å². The van der Waals surface area contributed by atoms with Crippen molar-refractivity contribution in [2.24, 2.45) is 5.92 Å². The van der Waals surface area contributed by atoms with Gasteiger partial charge in [0.25, 0.3) is 0 Å². The number of alkyl halides is 2. The molecule has 1 fully saturated rings. The number of esters is 2. The van der Waals surface area contributed by atoms with Gasteiger partial charge in [0.2, 0.25) is 12.6 Å². The number of carbonyl (C=O) groups is 3. The van der Waals surface area contributed by atoms with Crippen molar-refractivity contribution in [3.05, 3.63) is 29.3 Å². The first-order chi connectivity index (χ1) is 15.1. The van der Waals surface area contributed by atoms with Crippen LogP contribution in [-0.4, -0.2) is 42.6 Å². The van der Waals surface area contributed by atoms with Crippen molar-refractivity contribution < 1.29 is 42.3 Å². The number of ketones is 1. The molecule has 0 amide bonds. The van der Waals surface area contributed by atoms with Gasteiger partial charge in [-0.05, 0) is 36.8 Å². The number of rotatable bonds is 8. The second-order valence-corrected chi connectivity index (χ2v) is 8.56. The zero-order valence-electron chi connectivity index (χ0n) is 18.0. The van der Waals surface area contributed by atoms with Crippen LogP contribution in [0.1, 0.15) is 67.8 Å². The van der Waals surface area contributed by atoms with E-state index < -0.39 is 49.8 Å². The lowest BCUT2D eigenvalue weighted by Crippen LogP contribution is -2.38. The molecule has 1 aliphatic heterocycles. The molecule has 0 spiro atoms. The van der Waals surface area contributed by atoms with E-state index in [1.807, 2.05) is 0 Å². The number of para-hydroxylation sites is 1. The van der Waals surface area contributed by atoms with Crippen LogP contribution in [-0.2, 0) is 25.5 Å². The summed E-state index contributed by atoms with van der Waals surface area (Å²) >= 11 is 0. The highest BCUT2D eigenvalue weighted by Gasteiger charge is 2.42. The quantitative estimate of drug-likeness (QED) is 0.365. The van der Waals surface area contributed by atoms with Crippen LogP contribution in [0.25, 0.3) is 0 Å². The number of ether oxygens (including phenoxy) is 2. The van der Waals surface area contributed by atoms with Crippen molar-refractivity contribution >= 4 is 24.8 Å². The first-order valence-electron chi connectivity index (χ1n) is 10.9. The summed E-state index contributed by atoms with van der Waals surface area (Å²) in [5, 5.41) is 10.2. The Labute approximate surface area is 185 Å². The Morgan fingerprint density at radius 3 is 2.56 bits per heavy atom. The van der Waals surface area contributed by atoms with Gasteiger partial charge < -0.3 is 19.2 Å². The molecule has 1 aromatic carbocycles. The second-order valence-electron chi connectivity index (χ2n) is 8.56. The average Bonchev–Trinajstić information content (AvgIpc) is 2.73. The molecule has 1 saturated carbocycles. The summed E-state index contributed by atoms with van der Waals surface area (Å²) < 4.78 is 41.8. The molecule has 1 heterocycles. The summed E-state index contributed by atoms with van der Waals surface area (Å²) in [5.74, 6) is -6.53. The number of Topliss-reactive ketones (excluding diaryl/α,β-unsaturated/α-hetero) is 1. The molecule has 2 aliphatic rings. The van der Waals surface area contributed by atoms with E-state index in [0.29, 0.717) is 24.8 Å². The monoisotopic (exact) mass is 452 g/mol. The molecule has 10 heteroatoms. The van der Waals surface area contributed by atoms with Crippen molar-refractivity contribution in [2.75, 3.05) is 6.79 Å². The van der Waals surface area contributed by atoms with Crippen LogP contribution in [0.3, 0.4) is 0 Å². The van der Waals surface area contributed by atoms with Gasteiger partial charge in [0, 0.05) is 25.6 Å². The fourth-order valence-corrected chi connectivity index (χ4v) is 4.15. The lowest BCUT2D eigenvalue weighted by molar-refractivity contribution is -0.153. The lowest BCUT2D eigenvalue weighted by atomic mass is 9.64. The minimum Gasteiger partial charge on any atom is -0.535 e. The van der Waals surface area contributed by atoms with Crippen LogP contribution < -0.4 is 4.65 Å². The summed E-state index contributed by atoms with van der Waals surface area (Å²) in [6.45, 7) is -0.0330. The molecule has 0 aromatic heterocycles. The van der Waals surface area contributed by atoms with E-state index in [9.17, 15) is 28.2 Å². The van der Waals surface area contributed by atoms with Crippen LogP contribution in [0.4, 0.5) is 8.78 Å². The van der Waals surface area contributed by atoms with Crippen molar-refractivity contribution in [1.29, 1.82) is 0 Å². The van der Waals surface area contributed by atoms with Crippen LogP contribution in [0.15, 0.2) is 18.2 Å². The Balaban J connectivity index is 1.55. The van der Waals surface area contributed by atoms with E-state index in [0.717, 1.165) is 25.7 Å². The molecule has 0 bridgehead atoms. The van der Waals surface area contributed by atoms with Crippen LogP contribution in [0, 0.1) is 5.92 Å². The van der Waals surface area contributed by atoms with Gasteiger partial charge in [-0.3, -0.25) is 9.59 Å². The summed E-state index contributed by atoms with van der Waals surface area (Å²) in [5.41, 5.74) is 0.492. The highest BCUT2D eigenvalue weighted by molar-refractivity contribution is 6.47. The Hall–Kier alpha value is -2.49. The van der Waals surface area contributed by atoms with Crippen molar-refractivity contribution in [2.45, 2.75) is 70.0 Å². The zero-order chi connectivity index (χ0) is 23.3. The average molecular weight is 452 g/mol. The maximum absolute atomic E-state index is 13.2. The van der Waals surface area contributed by atoms with Gasteiger partial charge in [0.15, 0.2) is 0 Å². The largest absolute Gasteiger partial charge is 0.535 e. The smallest absolute Gasteiger partial charge is 0.526 e. The van der Waals surface area contributed by atoms with Gasteiger partial charge in [-0.15, -0.1) is 0 Å². The van der Waals surface area contributed by atoms with Crippen molar-refractivity contribution in [3.8, 4) is 5.75 Å². The lowest BCUT2D eigenvalue weighted by Gasteiger charge is -2.28. The predicted octanol–water partition coefficient (Wildman–Crippen LogP) is 3.71. The minimum atomic E-state index is -3.50. The fraction of sp³-hybridized carbons (Fsp3) is 0.591. The van der Waals surface area contributed by atoms with Crippen molar-refractivity contribution in [3.63, 3.8) is 0 Å². The van der Waals surface area contributed by atoms with Crippen LogP contribution in [0.2, 0.25) is 5.82 Å². The van der Waals surface area contributed by atoms with Gasteiger partial charge in [-0.1, -0.05) is 31.4 Å². The minimum absolute atomic E-state index is 0.00970. The summed E-state index contributed by atoms with van der Waals surface area (Å²) in [4.78, 5) is 36.0. The van der Waals surface area contributed by atoms with E-state index in [4.69, 9.17) is 14.1 Å². The molecule has 0 radical (unpaired) electrons. The van der Waals surface area contributed by atoms with E-state index in [1.165, 1.54) is 12.5 Å². The molecule has 7 nitrogen and oxygen atoms in total. The third kappa shape index (κ3) is 6.28. The fourth-order valence-electron chi connectivity index (χ4n) is 4.15. The number of fused-ring (bicyclic) bond motifs is 1. The number of hydrogen-bond donors (Lipinski definition) is 1. The Kier molecular flexibility index (Phi) is 7.87. The molecule has 32 heavy (non-hydrogen) atoms. The third-order valence-electron chi connectivity index (χ3n) is 5.97. The Morgan fingerprint density at radius 1 is 1.16 bits per heavy atom. The second kappa shape index (κ2) is 10.4.